The van der Waals surface area contributed by atoms with Crippen molar-refractivity contribution in [2.75, 3.05) is 7.11 Å². The highest BCUT2D eigenvalue weighted by Gasteiger charge is 2.19. The van der Waals surface area contributed by atoms with Crippen LogP contribution in [-0.4, -0.2) is 11.9 Å². The molecule has 0 aromatic heterocycles. The van der Waals surface area contributed by atoms with Crippen LogP contribution in [0.2, 0.25) is 0 Å². The summed E-state index contributed by atoms with van der Waals surface area (Å²) in [6.45, 7) is 2.13. The molecule has 1 aliphatic carbocycles. The van der Waals surface area contributed by atoms with Crippen LogP contribution in [0.1, 0.15) is 13.3 Å². The first-order valence-electron chi connectivity index (χ1n) is 3.34. The molecule has 0 aromatic rings. The number of rotatable bonds is 2. The fourth-order valence-electron chi connectivity index (χ4n) is 0.973. The highest BCUT2D eigenvalue weighted by atomic mass is 32.2. The van der Waals surface area contributed by atoms with Gasteiger partial charge in [0.25, 0.3) is 0 Å². The minimum absolute atomic E-state index is 0.0625. The van der Waals surface area contributed by atoms with Gasteiger partial charge in [-0.05, 0) is 13.3 Å². The van der Waals surface area contributed by atoms with Gasteiger partial charge in [-0.3, -0.25) is 0 Å². The molecule has 1 nitrogen and oxygen atoms in total. The lowest BCUT2D eigenvalue weighted by Gasteiger charge is -2.20. The smallest absolute Gasteiger partial charge is 0.0753 e. The van der Waals surface area contributed by atoms with Crippen LogP contribution in [0.3, 0.4) is 0 Å². The second-order valence-electron chi connectivity index (χ2n) is 2.47. The Morgan fingerprint density at radius 2 is 2.00 bits per heavy atom. The molecular weight excluding hydrogens is 144 g/mol. The van der Waals surface area contributed by atoms with Crippen molar-refractivity contribution >= 4 is 12.0 Å². The Hall–Kier alpha value is -0.210. The minimum Gasteiger partial charge on any atom is -0.317 e. The topological polar surface area (TPSA) is 9.23 Å². The maximum Gasteiger partial charge on any atom is 0.0753 e. The van der Waals surface area contributed by atoms with Crippen LogP contribution in [-0.2, 0) is 4.18 Å². The highest BCUT2D eigenvalue weighted by Crippen LogP contribution is 2.30. The molecule has 0 heterocycles. The fraction of sp³-hybridized carbons (Fsp3) is 0.500. The average molecular weight is 156 g/mol. The Morgan fingerprint density at radius 3 is 2.50 bits per heavy atom. The zero-order chi connectivity index (χ0) is 7.45. The summed E-state index contributed by atoms with van der Waals surface area (Å²) in [7, 11) is 1.70. The first-order chi connectivity index (χ1) is 4.77. The van der Waals surface area contributed by atoms with E-state index in [0.29, 0.717) is 0 Å². The molecule has 0 saturated heterocycles. The predicted octanol–water partition coefficient (Wildman–Crippen LogP) is 2.56. The number of allylic oxidation sites excluding steroid dienone is 2. The molecule has 0 spiro atoms. The van der Waals surface area contributed by atoms with E-state index in [0.717, 1.165) is 6.42 Å². The first kappa shape index (κ1) is 7.89. The van der Waals surface area contributed by atoms with Crippen LogP contribution in [0, 0.1) is 0 Å². The molecule has 10 heavy (non-hydrogen) atoms. The van der Waals surface area contributed by atoms with Crippen molar-refractivity contribution in [1.82, 2.24) is 0 Å². The Labute approximate surface area is 66.4 Å². The summed E-state index contributed by atoms with van der Waals surface area (Å²) in [5.74, 6) is 0. The molecule has 0 atom stereocenters. The highest BCUT2D eigenvalue weighted by molar-refractivity contribution is 7.96. The number of hydrogen-bond acceptors (Lipinski definition) is 2. The maximum atomic E-state index is 5.00. The Morgan fingerprint density at radius 1 is 1.40 bits per heavy atom. The summed E-state index contributed by atoms with van der Waals surface area (Å²) in [5.41, 5.74) is 0. The van der Waals surface area contributed by atoms with E-state index in [1.165, 1.54) is 12.0 Å². The van der Waals surface area contributed by atoms with Crippen LogP contribution in [0.25, 0.3) is 0 Å². The molecule has 56 valence electrons. The molecule has 0 saturated carbocycles. The third-order valence-electron chi connectivity index (χ3n) is 1.43. The second-order valence-corrected chi connectivity index (χ2v) is 3.85. The van der Waals surface area contributed by atoms with Crippen molar-refractivity contribution < 1.29 is 4.18 Å². The van der Waals surface area contributed by atoms with Gasteiger partial charge in [0.2, 0.25) is 0 Å². The van der Waals surface area contributed by atoms with Gasteiger partial charge in [0.15, 0.2) is 0 Å². The zero-order valence-corrected chi connectivity index (χ0v) is 7.15. The first-order valence-corrected chi connectivity index (χ1v) is 4.08. The van der Waals surface area contributed by atoms with Crippen LogP contribution in [0.5, 0.6) is 0 Å². The van der Waals surface area contributed by atoms with Gasteiger partial charge in [-0.2, -0.15) is 0 Å². The quantitative estimate of drug-likeness (QED) is 0.449. The van der Waals surface area contributed by atoms with E-state index in [9.17, 15) is 0 Å². The Bertz CT molecular complexity index is 149. The molecule has 0 fully saturated rings. The lowest BCUT2D eigenvalue weighted by Crippen LogP contribution is -2.14. The van der Waals surface area contributed by atoms with Gasteiger partial charge in [-0.1, -0.05) is 24.3 Å². The Balaban J connectivity index is 2.56. The van der Waals surface area contributed by atoms with Crippen LogP contribution in [0.4, 0.5) is 0 Å². The molecule has 0 N–H and O–H groups in total. The van der Waals surface area contributed by atoms with Gasteiger partial charge >= 0.3 is 0 Å². The van der Waals surface area contributed by atoms with E-state index in [2.05, 4.69) is 31.2 Å². The van der Waals surface area contributed by atoms with Crippen LogP contribution >= 0.6 is 12.0 Å². The molecule has 1 rings (SSSR count). The molecule has 1 aliphatic rings. The van der Waals surface area contributed by atoms with Crippen LogP contribution in [0.15, 0.2) is 24.3 Å². The Kier molecular flexibility index (Phi) is 2.57. The molecule has 0 aliphatic heterocycles. The summed E-state index contributed by atoms with van der Waals surface area (Å²) in [4.78, 5) is 0. The van der Waals surface area contributed by atoms with Gasteiger partial charge in [-0.25, -0.2) is 0 Å². The monoisotopic (exact) mass is 156 g/mol. The summed E-state index contributed by atoms with van der Waals surface area (Å²) < 4.78 is 5.06. The molecule has 0 bridgehead atoms. The lowest BCUT2D eigenvalue weighted by atomic mass is 10.1. The summed E-state index contributed by atoms with van der Waals surface area (Å²) in [5, 5.41) is 0. The lowest BCUT2D eigenvalue weighted by molar-refractivity contribution is 0.482. The van der Waals surface area contributed by atoms with Crippen molar-refractivity contribution in [1.29, 1.82) is 0 Å². The second kappa shape index (κ2) is 3.26. The normalized spacial score (nSPS) is 21.4. The van der Waals surface area contributed by atoms with Crippen molar-refractivity contribution in [3.8, 4) is 0 Å². The van der Waals surface area contributed by atoms with E-state index in [-0.39, 0.29) is 4.75 Å². The largest absolute Gasteiger partial charge is 0.317 e. The van der Waals surface area contributed by atoms with Crippen LogP contribution < -0.4 is 0 Å². The van der Waals surface area contributed by atoms with Crippen molar-refractivity contribution in [2.24, 2.45) is 0 Å². The van der Waals surface area contributed by atoms with E-state index in [1.54, 1.807) is 7.11 Å². The van der Waals surface area contributed by atoms with Gasteiger partial charge in [-0.15, -0.1) is 0 Å². The molecule has 0 radical (unpaired) electrons. The van der Waals surface area contributed by atoms with Gasteiger partial charge < -0.3 is 4.18 Å². The molecule has 0 aromatic carbocycles. The summed E-state index contributed by atoms with van der Waals surface area (Å²) in [6, 6.07) is 0. The summed E-state index contributed by atoms with van der Waals surface area (Å²) >= 11 is 1.48. The summed E-state index contributed by atoms with van der Waals surface area (Å²) in [6.07, 6.45) is 9.71. The molecule has 2 heteroatoms. The zero-order valence-electron chi connectivity index (χ0n) is 6.33. The predicted molar refractivity (Wildman–Crippen MR) is 45.9 cm³/mol. The standard InChI is InChI=1S/C8H12OS/c1-8(10-9-2)6-4-3-5-7-8/h4-7H,3H2,1-2H3. The van der Waals surface area contributed by atoms with Gasteiger partial charge in [0, 0.05) is 12.0 Å². The molecule has 0 unspecified atom stereocenters. The van der Waals surface area contributed by atoms with E-state index < -0.39 is 0 Å². The van der Waals surface area contributed by atoms with Gasteiger partial charge in [0.1, 0.15) is 0 Å². The van der Waals surface area contributed by atoms with Crippen molar-refractivity contribution in [3.63, 3.8) is 0 Å². The maximum absolute atomic E-state index is 5.00. The molecular formula is C8H12OS. The average Bonchev–Trinajstić information content (AvgIpc) is 1.89. The number of hydrogen-bond donors (Lipinski definition) is 0. The van der Waals surface area contributed by atoms with E-state index in [1.807, 2.05) is 0 Å². The van der Waals surface area contributed by atoms with E-state index in [4.69, 9.17) is 4.18 Å². The SMILES string of the molecule is COSC1(C)C=CCC=C1. The van der Waals surface area contributed by atoms with E-state index >= 15 is 0 Å². The fourth-order valence-corrected chi connectivity index (χ4v) is 1.64. The minimum atomic E-state index is 0.0625. The third kappa shape index (κ3) is 1.89. The third-order valence-corrected chi connectivity index (χ3v) is 2.23. The van der Waals surface area contributed by atoms with Gasteiger partial charge in [0.05, 0.1) is 11.9 Å². The van der Waals surface area contributed by atoms with Crippen molar-refractivity contribution in [3.05, 3.63) is 24.3 Å². The van der Waals surface area contributed by atoms with Crippen molar-refractivity contribution in [2.45, 2.75) is 18.1 Å². The molecule has 0 amide bonds.